The van der Waals surface area contributed by atoms with E-state index in [4.69, 9.17) is 4.74 Å². The van der Waals surface area contributed by atoms with E-state index in [0.29, 0.717) is 19.4 Å². The number of hydrogen-bond donors (Lipinski definition) is 3. The molecular formula is C64H119NO5. The van der Waals surface area contributed by atoms with Crippen molar-refractivity contribution >= 4 is 11.9 Å². The second-order valence-electron chi connectivity index (χ2n) is 21.0. The van der Waals surface area contributed by atoms with Crippen LogP contribution in [0.1, 0.15) is 322 Å². The van der Waals surface area contributed by atoms with Crippen LogP contribution in [0.25, 0.3) is 0 Å². The predicted octanol–water partition coefficient (Wildman–Crippen LogP) is 19.4. The highest BCUT2D eigenvalue weighted by molar-refractivity contribution is 5.76. The summed E-state index contributed by atoms with van der Waals surface area (Å²) in [5.74, 6) is -0.124. The highest BCUT2D eigenvalue weighted by Crippen LogP contribution is 2.17. The maximum Gasteiger partial charge on any atom is 0.305 e. The van der Waals surface area contributed by atoms with E-state index in [1.54, 1.807) is 6.08 Å². The van der Waals surface area contributed by atoms with Crippen molar-refractivity contribution in [3.63, 3.8) is 0 Å². The van der Waals surface area contributed by atoms with Crippen LogP contribution in [0.3, 0.4) is 0 Å². The molecule has 6 heteroatoms. The smallest absolute Gasteiger partial charge is 0.305 e. The van der Waals surface area contributed by atoms with Gasteiger partial charge in [-0.05, 0) is 89.9 Å². The Hall–Kier alpha value is -2.18. The molecule has 0 aromatic rings. The monoisotopic (exact) mass is 982 g/mol. The van der Waals surface area contributed by atoms with Gasteiger partial charge < -0.3 is 20.3 Å². The van der Waals surface area contributed by atoms with E-state index in [-0.39, 0.29) is 18.5 Å². The Balaban J connectivity index is 3.53. The number of ether oxygens (including phenoxy) is 1. The average molecular weight is 983 g/mol. The minimum atomic E-state index is -0.865. The average Bonchev–Trinajstić information content (AvgIpc) is 3.36. The van der Waals surface area contributed by atoms with Crippen LogP contribution in [-0.4, -0.2) is 47.4 Å². The molecule has 0 aliphatic rings. The third-order valence-corrected chi connectivity index (χ3v) is 14.1. The van der Waals surface area contributed by atoms with Gasteiger partial charge in [0.1, 0.15) is 0 Å². The number of aliphatic hydroxyl groups is 2. The van der Waals surface area contributed by atoms with Crippen molar-refractivity contribution in [2.24, 2.45) is 0 Å². The third-order valence-electron chi connectivity index (χ3n) is 14.1. The van der Waals surface area contributed by atoms with Gasteiger partial charge in [0.25, 0.3) is 0 Å². The molecule has 0 aliphatic carbocycles. The standard InChI is InChI=1S/C64H119NO5/c1-3-5-7-9-11-13-15-17-19-21-22-23-24-25-26-27-28-29-32-36-40-44-48-52-56-62(67)61(60-66)65-63(68)57-53-49-45-41-37-33-31-35-39-43-47-51-55-59-70-64(69)58-54-50-46-42-38-34-30-20-18-16-14-12-10-8-6-4-2/h14,16,20,30,33,37,52,56,61-62,66-67H,3-13,15,17-19,21-29,31-32,34-36,38-51,53-55,57-60H2,1-2H3,(H,65,68)/b16-14-,30-20-,37-33-,56-52+. The van der Waals surface area contributed by atoms with Crippen LogP contribution in [-0.2, 0) is 14.3 Å². The van der Waals surface area contributed by atoms with E-state index in [1.165, 1.54) is 212 Å². The molecule has 0 saturated heterocycles. The summed E-state index contributed by atoms with van der Waals surface area (Å²) in [5.41, 5.74) is 0. The summed E-state index contributed by atoms with van der Waals surface area (Å²) in [6.07, 6.45) is 75.7. The molecule has 0 aromatic carbocycles. The van der Waals surface area contributed by atoms with E-state index in [1.807, 2.05) is 6.08 Å². The molecule has 6 nitrogen and oxygen atoms in total. The number of amides is 1. The molecule has 410 valence electrons. The molecule has 2 atom stereocenters. The predicted molar refractivity (Wildman–Crippen MR) is 306 cm³/mol. The van der Waals surface area contributed by atoms with Crippen molar-refractivity contribution in [1.82, 2.24) is 5.32 Å². The van der Waals surface area contributed by atoms with Crippen molar-refractivity contribution in [2.75, 3.05) is 13.2 Å². The van der Waals surface area contributed by atoms with Crippen LogP contribution < -0.4 is 5.32 Å². The number of allylic oxidation sites excluding steroid dienone is 7. The fraction of sp³-hybridized carbons (Fsp3) is 0.844. The summed E-state index contributed by atoms with van der Waals surface area (Å²) in [5, 5.41) is 23.2. The minimum Gasteiger partial charge on any atom is -0.466 e. The van der Waals surface area contributed by atoms with Gasteiger partial charge in [0.05, 0.1) is 25.4 Å². The number of carbonyl (C=O) groups is 2. The van der Waals surface area contributed by atoms with Gasteiger partial charge in [0, 0.05) is 12.8 Å². The molecule has 2 unspecified atom stereocenters. The number of esters is 1. The summed E-state index contributed by atoms with van der Waals surface area (Å²) in [6.45, 7) is 4.85. The van der Waals surface area contributed by atoms with Gasteiger partial charge in [-0.25, -0.2) is 0 Å². The minimum absolute atomic E-state index is 0.0273. The molecule has 0 spiro atoms. The van der Waals surface area contributed by atoms with Crippen LogP contribution in [0.15, 0.2) is 48.6 Å². The number of aliphatic hydroxyl groups excluding tert-OH is 2. The number of hydrogen-bond acceptors (Lipinski definition) is 5. The van der Waals surface area contributed by atoms with E-state index in [0.717, 1.165) is 83.5 Å². The van der Waals surface area contributed by atoms with Crippen LogP contribution in [0.2, 0.25) is 0 Å². The first-order chi connectivity index (χ1) is 34.5. The Bertz CT molecular complexity index is 1180. The second-order valence-corrected chi connectivity index (χ2v) is 21.0. The fourth-order valence-electron chi connectivity index (χ4n) is 9.31. The van der Waals surface area contributed by atoms with Gasteiger partial charge in [-0.15, -0.1) is 0 Å². The summed E-state index contributed by atoms with van der Waals surface area (Å²) in [6, 6.07) is -0.651. The Morgan fingerprint density at radius 1 is 0.400 bits per heavy atom. The normalized spacial score (nSPS) is 12.9. The van der Waals surface area contributed by atoms with Crippen LogP contribution in [0.5, 0.6) is 0 Å². The van der Waals surface area contributed by atoms with Crippen molar-refractivity contribution in [1.29, 1.82) is 0 Å². The molecule has 0 aliphatic heterocycles. The Kier molecular flexibility index (Phi) is 57.5. The number of rotatable bonds is 57. The van der Waals surface area contributed by atoms with Gasteiger partial charge in [-0.3, -0.25) is 9.59 Å². The van der Waals surface area contributed by atoms with Gasteiger partial charge in [0.15, 0.2) is 0 Å². The number of carbonyl (C=O) groups excluding carboxylic acids is 2. The molecule has 1 amide bonds. The lowest BCUT2D eigenvalue weighted by Crippen LogP contribution is -2.45. The van der Waals surface area contributed by atoms with Crippen LogP contribution in [0.4, 0.5) is 0 Å². The topological polar surface area (TPSA) is 95.9 Å². The molecule has 0 rings (SSSR count). The Morgan fingerprint density at radius 2 is 0.714 bits per heavy atom. The fourth-order valence-corrected chi connectivity index (χ4v) is 9.31. The van der Waals surface area contributed by atoms with Crippen molar-refractivity contribution in [3.8, 4) is 0 Å². The lowest BCUT2D eigenvalue weighted by atomic mass is 10.0. The van der Waals surface area contributed by atoms with Crippen LogP contribution in [0, 0.1) is 0 Å². The lowest BCUT2D eigenvalue weighted by Gasteiger charge is -2.19. The van der Waals surface area contributed by atoms with Crippen molar-refractivity contribution in [3.05, 3.63) is 48.6 Å². The summed E-state index contributed by atoms with van der Waals surface area (Å²) < 4.78 is 5.46. The largest absolute Gasteiger partial charge is 0.466 e. The number of nitrogens with one attached hydrogen (secondary N) is 1. The highest BCUT2D eigenvalue weighted by Gasteiger charge is 2.18. The summed E-state index contributed by atoms with van der Waals surface area (Å²) in [4.78, 5) is 24.6. The second kappa shape index (κ2) is 59.4. The molecule has 3 N–H and O–H groups in total. The molecule has 0 fully saturated rings. The molecule has 0 heterocycles. The Labute approximate surface area is 436 Å². The van der Waals surface area contributed by atoms with Crippen molar-refractivity contribution < 1.29 is 24.5 Å². The lowest BCUT2D eigenvalue weighted by molar-refractivity contribution is -0.143. The molecule has 0 radical (unpaired) electrons. The molecule has 0 saturated carbocycles. The van der Waals surface area contributed by atoms with Gasteiger partial charge in [-0.1, -0.05) is 268 Å². The number of unbranched alkanes of at least 4 members (excludes halogenated alkanes) is 40. The zero-order chi connectivity index (χ0) is 50.7. The van der Waals surface area contributed by atoms with E-state index < -0.39 is 12.1 Å². The maximum atomic E-state index is 12.5. The van der Waals surface area contributed by atoms with Crippen molar-refractivity contribution in [2.45, 2.75) is 334 Å². The molecular weight excluding hydrogens is 863 g/mol. The summed E-state index contributed by atoms with van der Waals surface area (Å²) >= 11 is 0. The van der Waals surface area contributed by atoms with Gasteiger partial charge in [-0.2, -0.15) is 0 Å². The van der Waals surface area contributed by atoms with Gasteiger partial charge in [0.2, 0.25) is 5.91 Å². The Morgan fingerprint density at radius 3 is 1.13 bits per heavy atom. The zero-order valence-electron chi connectivity index (χ0n) is 46.7. The first-order valence-corrected chi connectivity index (χ1v) is 30.9. The van der Waals surface area contributed by atoms with E-state index >= 15 is 0 Å². The maximum absolute atomic E-state index is 12.5. The first kappa shape index (κ1) is 67.8. The zero-order valence-corrected chi connectivity index (χ0v) is 46.7. The first-order valence-electron chi connectivity index (χ1n) is 30.9. The summed E-state index contributed by atoms with van der Waals surface area (Å²) in [7, 11) is 0. The van der Waals surface area contributed by atoms with E-state index in [9.17, 15) is 19.8 Å². The quantitative estimate of drug-likeness (QED) is 0.0321. The molecule has 0 bridgehead atoms. The highest BCUT2D eigenvalue weighted by atomic mass is 16.5. The molecule has 70 heavy (non-hydrogen) atoms. The van der Waals surface area contributed by atoms with E-state index in [2.05, 4.69) is 55.6 Å². The van der Waals surface area contributed by atoms with Crippen LogP contribution >= 0.6 is 0 Å². The molecule has 0 aromatic heterocycles. The SMILES string of the molecule is CCCCCC/C=C\C/C=C\CCCCCCCC(=O)OCCCCCCCC/C=C\CCCCCC(=O)NC(CO)C(O)/C=C/CCCCCCCCCCCCCCCCCCCCCCCC. The third kappa shape index (κ3) is 55.1. The van der Waals surface area contributed by atoms with Gasteiger partial charge >= 0.3 is 5.97 Å².